The van der Waals surface area contributed by atoms with E-state index in [0.717, 1.165) is 20.4 Å². The van der Waals surface area contributed by atoms with Crippen LogP contribution < -0.4 is 9.46 Å². The number of hydrogen-bond donors (Lipinski definition) is 1. The van der Waals surface area contributed by atoms with Crippen LogP contribution in [0.1, 0.15) is 11.8 Å². The lowest BCUT2D eigenvalue weighted by molar-refractivity contribution is -0.218. The largest absolute Gasteiger partial charge is 0.479 e. The molecule has 0 aliphatic rings. The van der Waals surface area contributed by atoms with Gasteiger partial charge < -0.3 is 9.47 Å². The Labute approximate surface area is 172 Å². The van der Waals surface area contributed by atoms with E-state index in [0.29, 0.717) is 11.1 Å². The molecule has 0 amide bonds. The monoisotopic (exact) mass is 468 g/mol. The van der Waals surface area contributed by atoms with Crippen LogP contribution in [0, 0.1) is 5.82 Å². The first-order valence-electron chi connectivity index (χ1n) is 7.97. The van der Waals surface area contributed by atoms with Crippen molar-refractivity contribution in [1.82, 2.24) is 14.6 Å². The van der Waals surface area contributed by atoms with Crippen LogP contribution in [0.2, 0.25) is 5.02 Å². The molecule has 162 valence electrons. The molecular weight excluding hydrogens is 456 g/mol. The molecule has 3 aromatic heterocycles. The lowest BCUT2D eigenvalue weighted by Gasteiger charge is -2.20. The van der Waals surface area contributed by atoms with Gasteiger partial charge in [0, 0.05) is 19.4 Å². The minimum atomic E-state index is -4.95. The Bertz CT molecular complexity index is 1200. The number of alkyl halides is 3. The van der Waals surface area contributed by atoms with Crippen LogP contribution in [-0.4, -0.2) is 43.4 Å². The second kappa shape index (κ2) is 7.89. The average Bonchev–Trinajstić information content (AvgIpc) is 3.06. The summed E-state index contributed by atoms with van der Waals surface area (Å²) in [6.07, 6.45) is -5.22. The smallest absolute Gasteiger partial charge is 0.420 e. The molecule has 0 aromatic carbocycles. The fourth-order valence-corrected chi connectivity index (χ4v) is 3.96. The van der Waals surface area contributed by atoms with Gasteiger partial charge in [-0.2, -0.15) is 18.3 Å². The van der Waals surface area contributed by atoms with Gasteiger partial charge in [-0.1, -0.05) is 11.6 Å². The van der Waals surface area contributed by atoms with Crippen molar-refractivity contribution in [3.63, 3.8) is 0 Å². The molecule has 0 aliphatic heterocycles. The Hall–Kier alpha value is -2.64. The normalized spacial score (nSPS) is 13.4. The fourth-order valence-electron chi connectivity index (χ4n) is 2.64. The summed E-state index contributed by atoms with van der Waals surface area (Å²) in [5.41, 5.74) is -1.45. The Kier molecular flexibility index (Phi) is 5.80. The number of halogens is 5. The summed E-state index contributed by atoms with van der Waals surface area (Å²) in [6, 6.07) is 3.37. The number of anilines is 1. The van der Waals surface area contributed by atoms with E-state index in [9.17, 15) is 26.0 Å². The minimum absolute atomic E-state index is 0.160. The molecule has 1 N–H and O–H groups in total. The van der Waals surface area contributed by atoms with E-state index >= 15 is 0 Å². The van der Waals surface area contributed by atoms with Gasteiger partial charge in [-0.15, -0.1) is 0 Å². The van der Waals surface area contributed by atoms with Crippen molar-refractivity contribution in [2.75, 3.05) is 18.9 Å². The number of pyridine rings is 2. The number of fused-ring (bicyclic) bond motifs is 1. The molecule has 3 aromatic rings. The van der Waals surface area contributed by atoms with Crippen molar-refractivity contribution in [2.24, 2.45) is 0 Å². The van der Waals surface area contributed by atoms with Gasteiger partial charge in [0.05, 0.1) is 23.8 Å². The van der Waals surface area contributed by atoms with Gasteiger partial charge in [-0.05, 0) is 12.1 Å². The minimum Gasteiger partial charge on any atom is -0.479 e. The quantitative estimate of drug-likeness (QED) is 0.556. The van der Waals surface area contributed by atoms with Crippen molar-refractivity contribution >= 4 is 32.8 Å². The average molecular weight is 469 g/mol. The zero-order valence-electron chi connectivity index (χ0n) is 15.2. The molecular formula is C16H13ClF4N4O4S. The van der Waals surface area contributed by atoms with E-state index < -0.39 is 45.4 Å². The van der Waals surface area contributed by atoms with Gasteiger partial charge >= 0.3 is 6.18 Å². The molecule has 1 unspecified atom stereocenters. The molecule has 0 aliphatic carbocycles. The van der Waals surface area contributed by atoms with Crippen LogP contribution in [-0.2, 0) is 14.8 Å². The lowest BCUT2D eigenvalue weighted by Crippen LogP contribution is -2.25. The van der Waals surface area contributed by atoms with Crippen LogP contribution in [0.3, 0.4) is 0 Å². The third-order valence-corrected chi connectivity index (χ3v) is 5.53. The van der Waals surface area contributed by atoms with Crippen LogP contribution in [0.25, 0.3) is 5.52 Å². The molecule has 0 saturated carbocycles. The van der Waals surface area contributed by atoms with E-state index in [4.69, 9.17) is 16.3 Å². The predicted octanol–water partition coefficient (Wildman–Crippen LogP) is 3.58. The molecule has 0 fully saturated rings. The molecule has 3 heterocycles. The topological polar surface area (TPSA) is 94.8 Å². The van der Waals surface area contributed by atoms with Gasteiger partial charge in [0.2, 0.25) is 5.88 Å². The number of nitrogens with zero attached hydrogens (tertiary/aromatic N) is 3. The van der Waals surface area contributed by atoms with Crippen molar-refractivity contribution in [1.29, 1.82) is 0 Å². The maximum Gasteiger partial charge on any atom is 0.420 e. The Morgan fingerprint density at radius 3 is 2.57 bits per heavy atom. The van der Waals surface area contributed by atoms with Crippen LogP contribution in [0.15, 0.2) is 35.5 Å². The summed E-state index contributed by atoms with van der Waals surface area (Å²) in [7, 11) is -2.57. The number of nitrogens with one attached hydrogen (secondary N) is 1. The van der Waals surface area contributed by atoms with Crippen molar-refractivity contribution in [2.45, 2.75) is 17.2 Å². The van der Waals surface area contributed by atoms with E-state index in [1.54, 1.807) is 0 Å². The highest BCUT2D eigenvalue weighted by Gasteiger charge is 2.44. The third-order valence-electron chi connectivity index (χ3n) is 3.92. The Morgan fingerprint density at radius 2 is 1.97 bits per heavy atom. The Balaban J connectivity index is 2.04. The highest BCUT2D eigenvalue weighted by molar-refractivity contribution is 7.93. The summed E-state index contributed by atoms with van der Waals surface area (Å²) < 4.78 is 91.5. The highest BCUT2D eigenvalue weighted by atomic mass is 35.5. The van der Waals surface area contributed by atoms with Crippen LogP contribution in [0.4, 0.5) is 23.2 Å². The second-order valence-electron chi connectivity index (χ2n) is 5.86. The van der Waals surface area contributed by atoms with Crippen molar-refractivity contribution < 1.29 is 35.5 Å². The highest BCUT2D eigenvalue weighted by Crippen LogP contribution is 2.38. The van der Waals surface area contributed by atoms with Crippen LogP contribution >= 0.6 is 11.6 Å². The molecule has 0 radical (unpaired) electrons. The predicted molar refractivity (Wildman–Crippen MR) is 97.6 cm³/mol. The number of methoxy groups -OCH3 is 2. The third kappa shape index (κ3) is 4.13. The van der Waals surface area contributed by atoms with Crippen molar-refractivity contribution in [3.05, 3.63) is 47.1 Å². The van der Waals surface area contributed by atoms with E-state index in [-0.39, 0.29) is 10.4 Å². The molecule has 0 spiro atoms. The first-order chi connectivity index (χ1) is 14.0. The zero-order chi connectivity index (χ0) is 22.3. The zero-order valence-corrected chi connectivity index (χ0v) is 16.8. The summed E-state index contributed by atoms with van der Waals surface area (Å²) in [4.78, 5) is 3.18. The molecule has 0 bridgehead atoms. The number of rotatable bonds is 6. The van der Waals surface area contributed by atoms with Crippen LogP contribution in [0.5, 0.6) is 5.88 Å². The maximum absolute atomic E-state index is 14.4. The van der Waals surface area contributed by atoms with E-state index in [1.165, 1.54) is 22.8 Å². The molecule has 0 saturated heterocycles. The lowest BCUT2D eigenvalue weighted by atomic mass is 10.2. The SMILES string of the molecule is COc1nc(C(OC)C(F)(F)F)c(F)cc1NS(=O)(=O)c1cnn2cc(Cl)ccc12. The van der Waals surface area contributed by atoms with E-state index in [2.05, 4.69) is 14.8 Å². The molecule has 30 heavy (non-hydrogen) atoms. The van der Waals surface area contributed by atoms with E-state index in [1.807, 2.05) is 4.72 Å². The van der Waals surface area contributed by atoms with Gasteiger partial charge in [0.15, 0.2) is 6.10 Å². The van der Waals surface area contributed by atoms with Crippen molar-refractivity contribution in [3.8, 4) is 5.88 Å². The summed E-state index contributed by atoms with van der Waals surface area (Å²) in [6.45, 7) is 0. The number of sulfonamides is 1. The maximum atomic E-state index is 14.4. The summed E-state index contributed by atoms with van der Waals surface area (Å²) >= 11 is 5.83. The number of aromatic nitrogens is 3. The standard InChI is InChI=1S/C16H13ClF4N4O4S/c1-28-14(16(19,20)21)13-9(18)5-10(15(23-13)29-2)24-30(26,27)12-6-22-25-7-8(17)3-4-11(12)25/h3-7,14,24H,1-2H3. The summed E-state index contributed by atoms with van der Waals surface area (Å²) in [5, 5.41) is 4.18. The first kappa shape index (κ1) is 22.1. The second-order valence-corrected chi connectivity index (χ2v) is 7.95. The molecule has 8 nitrogen and oxygen atoms in total. The van der Waals surface area contributed by atoms with Gasteiger partial charge in [0.1, 0.15) is 22.1 Å². The molecule has 14 heteroatoms. The molecule has 3 rings (SSSR count). The number of ether oxygens (including phenoxy) is 2. The van der Waals surface area contributed by atoms with Gasteiger partial charge in [-0.25, -0.2) is 22.3 Å². The summed E-state index contributed by atoms with van der Waals surface area (Å²) in [5.74, 6) is -2.02. The van der Waals surface area contributed by atoms with Gasteiger partial charge in [-0.3, -0.25) is 4.72 Å². The molecule has 1 atom stereocenters. The fraction of sp³-hybridized carbons (Fsp3) is 0.250. The van der Waals surface area contributed by atoms with Gasteiger partial charge in [0.25, 0.3) is 10.0 Å². The first-order valence-corrected chi connectivity index (χ1v) is 9.83. The Morgan fingerprint density at radius 1 is 1.27 bits per heavy atom. The number of hydrogen-bond acceptors (Lipinski definition) is 6.